The molecule has 9 aromatic rings. The van der Waals surface area contributed by atoms with Crippen LogP contribution in [0.25, 0.3) is 88.7 Å². The van der Waals surface area contributed by atoms with E-state index in [-0.39, 0.29) is 0 Å². The van der Waals surface area contributed by atoms with Crippen LogP contribution in [-0.2, 0) is 0 Å². The molecule has 0 unspecified atom stereocenters. The molecule has 0 atom stereocenters. The summed E-state index contributed by atoms with van der Waals surface area (Å²) < 4.78 is 0. The number of nitrogens with zero attached hydrogens (tertiary/aromatic N) is 3. The highest BCUT2D eigenvalue weighted by Gasteiger charge is 2.16. The number of hydrogen-bond donors (Lipinski definition) is 0. The minimum absolute atomic E-state index is 0.648. The fraction of sp³-hybridized carbons (Fsp3) is 0. The third-order valence-corrected chi connectivity index (χ3v) is 9.11. The van der Waals surface area contributed by atoms with Gasteiger partial charge in [0.15, 0.2) is 17.5 Å². The van der Waals surface area contributed by atoms with Crippen molar-refractivity contribution in [2.45, 2.75) is 0 Å². The van der Waals surface area contributed by atoms with E-state index in [2.05, 4.69) is 152 Å². The summed E-state index contributed by atoms with van der Waals surface area (Å²) in [4.78, 5) is 15.2. The van der Waals surface area contributed by atoms with Gasteiger partial charge in [0.05, 0.1) is 0 Å². The number of fused-ring (bicyclic) bond motifs is 3. The second-order valence-corrected chi connectivity index (χ2v) is 12.0. The van der Waals surface area contributed by atoms with Crippen LogP contribution in [0.15, 0.2) is 176 Å². The minimum Gasteiger partial charge on any atom is -0.208 e. The van der Waals surface area contributed by atoms with Crippen LogP contribution in [0.4, 0.5) is 0 Å². The van der Waals surface area contributed by atoms with Gasteiger partial charge in [-0.15, -0.1) is 0 Å². The Morgan fingerprint density at radius 2 is 0.729 bits per heavy atom. The monoisotopic (exact) mass is 611 g/mol. The van der Waals surface area contributed by atoms with Gasteiger partial charge in [-0.05, 0) is 66.7 Å². The van der Waals surface area contributed by atoms with Crippen molar-refractivity contribution in [3.05, 3.63) is 176 Å². The molecular formula is C45H29N3. The van der Waals surface area contributed by atoms with Crippen molar-refractivity contribution in [2.75, 3.05) is 0 Å². The number of aromatic nitrogens is 3. The van der Waals surface area contributed by atoms with Crippen molar-refractivity contribution in [1.82, 2.24) is 15.0 Å². The molecule has 0 radical (unpaired) electrons. The van der Waals surface area contributed by atoms with Crippen LogP contribution in [0.2, 0.25) is 0 Å². The molecule has 0 aliphatic heterocycles. The molecule has 1 aromatic heterocycles. The topological polar surface area (TPSA) is 38.7 Å². The van der Waals surface area contributed by atoms with Gasteiger partial charge >= 0.3 is 0 Å². The lowest BCUT2D eigenvalue weighted by atomic mass is 9.95. The highest BCUT2D eigenvalue weighted by atomic mass is 15.0. The first-order valence-electron chi connectivity index (χ1n) is 16.2. The average molecular weight is 612 g/mol. The zero-order valence-electron chi connectivity index (χ0n) is 26.1. The van der Waals surface area contributed by atoms with E-state index in [1.54, 1.807) is 0 Å². The molecule has 0 aliphatic carbocycles. The van der Waals surface area contributed by atoms with Gasteiger partial charge in [0.1, 0.15) is 0 Å². The molecule has 9 rings (SSSR count). The Balaban J connectivity index is 1.18. The predicted octanol–water partition coefficient (Wildman–Crippen LogP) is 11.7. The first-order valence-corrected chi connectivity index (χ1v) is 16.2. The Morgan fingerprint density at radius 1 is 0.250 bits per heavy atom. The van der Waals surface area contributed by atoms with Crippen molar-refractivity contribution in [1.29, 1.82) is 0 Å². The van der Waals surface area contributed by atoms with Gasteiger partial charge in [-0.1, -0.05) is 164 Å². The molecule has 0 aliphatic rings. The quantitative estimate of drug-likeness (QED) is 0.194. The van der Waals surface area contributed by atoms with E-state index in [0.717, 1.165) is 32.8 Å². The molecule has 0 bridgehead atoms. The summed E-state index contributed by atoms with van der Waals surface area (Å²) >= 11 is 0. The van der Waals surface area contributed by atoms with Crippen LogP contribution >= 0.6 is 0 Å². The molecular weight excluding hydrogens is 583 g/mol. The fourth-order valence-corrected chi connectivity index (χ4v) is 6.75. The summed E-state index contributed by atoms with van der Waals surface area (Å²) in [6.45, 7) is 0. The van der Waals surface area contributed by atoms with Crippen molar-refractivity contribution < 1.29 is 0 Å². The van der Waals surface area contributed by atoms with Crippen LogP contribution in [0.5, 0.6) is 0 Å². The largest absolute Gasteiger partial charge is 0.208 e. The molecule has 48 heavy (non-hydrogen) atoms. The van der Waals surface area contributed by atoms with E-state index in [1.807, 2.05) is 24.3 Å². The Labute approximate surface area is 278 Å². The summed E-state index contributed by atoms with van der Waals surface area (Å²) in [5.41, 5.74) is 7.68. The van der Waals surface area contributed by atoms with Gasteiger partial charge in [0.2, 0.25) is 0 Å². The van der Waals surface area contributed by atoms with Gasteiger partial charge in [-0.3, -0.25) is 0 Å². The summed E-state index contributed by atoms with van der Waals surface area (Å²) in [6, 6.07) is 61.7. The standard InChI is InChI=1S/C45H29N3/c1-3-12-30(13-4-1)38-20-10-22-41-40(38)21-11-23-42(41)45-47-43(32-15-5-2-6-16-32)46-44(48-45)36-27-25-33-28-35(26-24-34(33)29-36)39-19-9-17-31-14-7-8-18-37(31)39/h1-29H. The zero-order valence-corrected chi connectivity index (χ0v) is 26.1. The van der Waals surface area contributed by atoms with Crippen LogP contribution in [0, 0.1) is 0 Å². The summed E-state index contributed by atoms with van der Waals surface area (Å²) in [5, 5.41) is 7.08. The predicted molar refractivity (Wildman–Crippen MR) is 200 cm³/mol. The van der Waals surface area contributed by atoms with Crippen LogP contribution in [-0.4, -0.2) is 15.0 Å². The molecule has 3 nitrogen and oxygen atoms in total. The second-order valence-electron chi connectivity index (χ2n) is 12.0. The van der Waals surface area contributed by atoms with Crippen molar-refractivity contribution >= 4 is 32.3 Å². The second kappa shape index (κ2) is 11.7. The lowest BCUT2D eigenvalue weighted by Crippen LogP contribution is -2.00. The highest BCUT2D eigenvalue weighted by molar-refractivity contribution is 6.04. The van der Waals surface area contributed by atoms with Crippen LogP contribution in [0.1, 0.15) is 0 Å². The molecule has 8 aromatic carbocycles. The molecule has 0 spiro atoms. The van der Waals surface area contributed by atoms with Gasteiger partial charge in [-0.2, -0.15) is 0 Å². The van der Waals surface area contributed by atoms with Gasteiger partial charge in [0.25, 0.3) is 0 Å². The van der Waals surface area contributed by atoms with E-state index < -0.39 is 0 Å². The molecule has 0 saturated carbocycles. The molecule has 0 amide bonds. The smallest absolute Gasteiger partial charge is 0.164 e. The minimum atomic E-state index is 0.648. The van der Waals surface area contributed by atoms with E-state index in [9.17, 15) is 0 Å². The molecule has 224 valence electrons. The molecule has 3 heteroatoms. The first kappa shape index (κ1) is 27.8. The Hall–Kier alpha value is -6.45. The third-order valence-electron chi connectivity index (χ3n) is 9.11. The third kappa shape index (κ3) is 4.99. The molecule has 1 heterocycles. The van der Waals surface area contributed by atoms with E-state index in [4.69, 9.17) is 15.0 Å². The molecule has 0 fully saturated rings. The summed E-state index contributed by atoms with van der Waals surface area (Å²) in [7, 11) is 0. The maximum atomic E-state index is 5.14. The van der Waals surface area contributed by atoms with Crippen LogP contribution in [0.3, 0.4) is 0 Å². The Kier molecular flexibility index (Phi) is 6.80. The van der Waals surface area contributed by atoms with E-state index in [0.29, 0.717) is 17.5 Å². The van der Waals surface area contributed by atoms with Gasteiger partial charge in [0, 0.05) is 16.7 Å². The fourth-order valence-electron chi connectivity index (χ4n) is 6.75. The van der Waals surface area contributed by atoms with Crippen LogP contribution < -0.4 is 0 Å². The van der Waals surface area contributed by atoms with Crippen molar-refractivity contribution in [3.8, 4) is 56.4 Å². The van der Waals surface area contributed by atoms with Crippen molar-refractivity contribution in [2.24, 2.45) is 0 Å². The Bertz CT molecular complexity index is 2600. The average Bonchev–Trinajstić information content (AvgIpc) is 3.17. The van der Waals surface area contributed by atoms with E-state index >= 15 is 0 Å². The number of benzene rings is 8. The zero-order chi connectivity index (χ0) is 31.9. The SMILES string of the molecule is c1ccc(-c2nc(-c3ccc4cc(-c5cccc6ccccc56)ccc4c3)nc(-c3cccc4c(-c5ccccc5)cccc34)n2)cc1. The molecule has 0 saturated heterocycles. The lowest BCUT2D eigenvalue weighted by molar-refractivity contribution is 1.08. The normalized spacial score (nSPS) is 11.3. The van der Waals surface area contributed by atoms with E-state index in [1.165, 1.54) is 38.4 Å². The first-order chi connectivity index (χ1) is 23.8. The lowest BCUT2D eigenvalue weighted by Gasteiger charge is -2.13. The Morgan fingerprint density at radius 3 is 1.48 bits per heavy atom. The maximum absolute atomic E-state index is 5.14. The number of rotatable bonds is 5. The maximum Gasteiger partial charge on any atom is 0.164 e. The summed E-state index contributed by atoms with van der Waals surface area (Å²) in [5.74, 6) is 1.95. The van der Waals surface area contributed by atoms with Crippen molar-refractivity contribution in [3.63, 3.8) is 0 Å². The summed E-state index contributed by atoms with van der Waals surface area (Å²) in [6.07, 6.45) is 0. The van der Waals surface area contributed by atoms with Gasteiger partial charge in [-0.25, -0.2) is 15.0 Å². The highest BCUT2D eigenvalue weighted by Crippen LogP contribution is 2.36. The van der Waals surface area contributed by atoms with Gasteiger partial charge < -0.3 is 0 Å². The number of hydrogen-bond acceptors (Lipinski definition) is 3. The molecule has 0 N–H and O–H groups in total.